The van der Waals surface area contributed by atoms with Crippen molar-refractivity contribution in [1.29, 1.82) is 0 Å². The number of hydrogen-bond donors (Lipinski definition) is 0. The molecule has 0 N–H and O–H groups in total. The van der Waals surface area contributed by atoms with Crippen molar-refractivity contribution < 1.29 is 14.1 Å². The second kappa shape index (κ2) is 8.22. The maximum atomic E-state index is 12.7. The fourth-order valence-corrected chi connectivity index (χ4v) is 3.24. The average molecular weight is 378 g/mol. The number of benzene rings is 2. The van der Waals surface area contributed by atoms with Crippen LogP contribution in [0.25, 0.3) is 11.5 Å². The molecule has 1 saturated heterocycles. The number of nitrogens with zero attached hydrogens (tertiary/aromatic N) is 4. The van der Waals surface area contributed by atoms with Crippen LogP contribution < -0.4 is 4.74 Å². The molecule has 7 heteroatoms. The normalized spacial score (nSPS) is 14.8. The van der Waals surface area contributed by atoms with Gasteiger partial charge >= 0.3 is 0 Å². The van der Waals surface area contributed by atoms with Gasteiger partial charge in [0, 0.05) is 37.3 Å². The number of aromatic nitrogens is 2. The number of carbonyl (C=O) groups excluding carboxylic acids is 1. The Morgan fingerprint density at radius 1 is 1.04 bits per heavy atom. The number of ether oxygens (including phenoxy) is 1. The highest BCUT2D eigenvalue weighted by Crippen LogP contribution is 2.18. The first-order valence-corrected chi connectivity index (χ1v) is 9.26. The van der Waals surface area contributed by atoms with Crippen LogP contribution >= 0.6 is 0 Å². The second-order valence-electron chi connectivity index (χ2n) is 6.68. The SMILES string of the molecule is COc1ccc(C(=O)N2CCN(Cc3noc(-c4ccccc4)n3)CC2)cc1. The Hall–Kier alpha value is -3.19. The molecule has 0 spiro atoms. The van der Waals surface area contributed by atoms with Crippen molar-refractivity contribution >= 4 is 5.91 Å². The summed E-state index contributed by atoms with van der Waals surface area (Å²) in [5.74, 6) is 1.99. The maximum absolute atomic E-state index is 12.7. The molecule has 2 heterocycles. The van der Waals surface area contributed by atoms with Crippen molar-refractivity contribution in [3.8, 4) is 17.2 Å². The number of amides is 1. The number of hydrogen-bond acceptors (Lipinski definition) is 6. The Kier molecular flexibility index (Phi) is 5.34. The van der Waals surface area contributed by atoms with Crippen LogP contribution in [0.15, 0.2) is 59.1 Å². The lowest BCUT2D eigenvalue weighted by atomic mass is 10.1. The summed E-state index contributed by atoms with van der Waals surface area (Å²) in [6.07, 6.45) is 0. The molecule has 0 saturated carbocycles. The molecule has 1 amide bonds. The van der Waals surface area contributed by atoms with Crippen LogP contribution in [0, 0.1) is 0 Å². The summed E-state index contributed by atoms with van der Waals surface area (Å²) in [7, 11) is 1.61. The van der Waals surface area contributed by atoms with E-state index in [0.29, 0.717) is 36.9 Å². The van der Waals surface area contributed by atoms with E-state index in [9.17, 15) is 4.79 Å². The molecule has 28 heavy (non-hydrogen) atoms. The highest BCUT2D eigenvalue weighted by molar-refractivity contribution is 5.94. The van der Waals surface area contributed by atoms with Gasteiger partial charge in [-0.1, -0.05) is 23.4 Å². The summed E-state index contributed by atoms with van der Waals surface area (Å²) >= 11 is 0. The predicted octanol–water partition coefficient (Wildman–Crippen LogP) is 2.70. The first-order valence-electron chi connectivity index (χ1n) is 9.26. The predicted molar refractivity (Wildman–Crippen MR) is 104 cm³/mol. The summed E-state index contributed by atoms with van der Waals surface area (Å²) in [6, 6.07) is 17.0. The van der Waals surface area contributed by atoms with Gasteiger partial charge in [0.25, 0.3) is 11.8 Å². The number of piperazine rings is 1. The van der Waals surface area contributed by atoms with E-state index in [1.165, 1.54) is 0 Å². The molecular formula is C21H22N4O3. The van der Waals surface area contributed by atoms with Crippen molar-refractivity contribution in [3.05, 3.63) is 66.0 Å². The highest BCUT2D eigenvalue weighted by atomic mass is 16.5. The minimum atomic E-state index is 0.0493. The van der Waals surface area contributed by atoms with Crippen LogP contribution in [0.3, 0.4) is 0 Å². The van der Waals surface area contributed by atoms with Crippen LogP contribution in [0.5, 0.6) is 5.75 Å². The lowest BCUT2D eigenvalue weighted by Crippen LogP contribution is -2.48. The van der Waals surface area contributed by atoms with Crippen molar-refractivity contribution in [3.63, 3.8) is 0 Å². The summed E-state index contributed by atoms with van der Waals surface area (Å²) in [5.41, 5.74) is 1.59. The van der Waals surface area contributed by atoms with Gasteiger partial charge in [0.2, 0.25) is 0 Å². The van der Waals surface area contributed by atoms with Crippen molar-refractivity contribution in [1.82, 2.24) is 19.9 Å². The molecule has 0 unspecified atom stereocenters. The minimum absolute atomic E-state index is 0.0493. The fraction of sp³-hybridized carbons (Fsp3) is 0.286. The van der Waals surface area contributed by atoms with Gasteiger partial charge in [-0.2, -0.15) is 4.98 Å². The fourth-order valence-electron chi connectivity index (χ4n) is 3.24. The Labute approximate surface area is 163 Å². The van der Waals surface area contributed by atoms with Gasteiger partial charge in [-0.05, 0) is 36.4 Å². The van der Waals surface area contributed by atoms with E-state index in [0.717, 1.165) is 24.4 Å². The zero-order valence-electron chi connectivity index (χ0n) is 15.7. The van der Waals surface area contributed by atoms with Crippen molar-refractivity contribution in [2.24, 2.45) is 0 Å². The Morgan fingerprint density at radius 3 is 2.43 bits per heavy atom. The third-order valence-electron chi connectivity index (χ3n) is 4.85. The molecule has 1 fully saturated rings. The van der Waals surface area contributed by atoms with E-state index in [1.807, 2.05) is 47.4 Å². The molecule has 7 nitrogen and oxygen atoms in total. The standard InChI is InChI=1S/C21H22N4O3/c1-27-18-9-7-17(8-10-18)21(26)25-13-11-24(12-14-25)15-19-22-20(28-23-19)16-5-3-2-4-6-16/h2-10H,11-15H2,1H3. The molecule has 0 bridgehead atoms. The summed E-state index contributed by atoms with van der Waals surface area (Å²) in [6.45, 7) is 3.51. The Bertz CT molecular complexity index is 916. The summed E-state index contributed by atoms with van der Waals surface area (Å²) < 4.78 is 10.5. The third kappa shape index (κ3) is 4.04. The quantitative estimate of drug-likeness (QED) is 0.680. The monoisotopic (exact) mass is 378 g/mol. The van der Waals surface area contributed by atoms with Crippen LogP contribution in [0.4, 0.5) is 0 Å². The van der Waals surface area contributed by atoms with E-state index in [2.05, 4.69) is 15.0 Å². The van der Waals surface area contributed by atoms with E-state index >= 15 is 0 Å². The van der Waals surface area contributed by atoms with Crippen LogP contribution in [0.1, 0.15) is 16.2 Å². The lowest BCUT2D eigenvalue weighted by Gasteiger charge is -2.34. The molecule has 4 rings (SSSR count). The molecule has 0 aliphatic carbocycles. The van der Waals surface area contributed by atoms with Gasteiger partial charge in [-0.25, -0.2) is 0 Å². The van der Waals surface area contributed by atoms with Crippen molar-refractivity contribution in [2.75, 3.05) is 33.3 Å². The Balaban J connectivity index is 1.32. The first kappa shape index (κ1) is 18.2. The zero-order chi connectivity index (χ0) is 19.3. The van der Waals surface area contributed by atoms with Crippen LogP contribution in [-0.4, -0.2) is 59.1 Å². The van der Waals surface area contributed by atoms with Gasteiger partial charge in [0.05, 0.1) is 13.7 Å². The maximum Gasteiger partial charge on any atom is 0.257 e. The van der Waals surface area contributed by atoms with E-state index in [1.54, 1.807) is 19.2 Å². The van der Waals surface area contributed by atoms with Crippen molar-refractivity contribution in [2.45, 2.75) is 6.54 Å². The van der Waals surface area contributed by atoms with Crippen LogP contribution in [-0.2, 0) is 6.54 Å². The molecule has 144 valence electrons. The molecule has 1 aliphatic rings. The third-order valence-corrected chi connectivity index (χ3v) is 4.85. The molecule has 0 radical (unpaired) electrons. The summed E-state index contributed by atoms with van der Waals surface area (Å²) in [4.78, 5) is 21.2. The average Bonchev–Trinajstić information content (AvgIpc) is 3.23. The lowest BCUT2D eigenvalue weighted by molar-refractivity contribution is 0.0624. The molecule has 0 atom stereocenters. The molecule has 2 aromatic carbocycles. The largest absolute Gasteiger partial charge is 0.497 e. The zero-order valence-corrected chi connectivity index (χ0v) is 15.7. The van der Waals surface area contributed by atoms with E-state index < -0.39 is 0 Å². The molecular weight excluding hydrogens is 356 g/mol. The first-order chi connectivity index (χ1) is 13.7. The second-order valence-corrected chi connectivity index (χ2v) is 6.68. The minimum Gasteiger partial charge on any atom is -0.497 e. The molecule has 1 aliphatic heterocycles. The van der Waals surface area contributed by atoms with E-state index in [4.69, 9.17) is 9.26 Å². The van der Waals surface area contributed by atoms with Crippen LogP contribution in [0.2, 0.25) is 0 Å². The smallest absolute Gasteiger partial charge is 0.257 e. The van der Waals surface area contributed by atoms with Gasteiger partial charge in [0.1, 0.15) is 5.75 Å². The highest BCUT2D eigenvalue weighted by Gasteiger charge is 2.23. The Morgan fingerprint density at radius 2 is 1.75 bits per heavy atom. The number of rotatable bonds is 5. The van der Waals surface area contributed by atoms with Gasteiger partial charge in [0.15, 0.2) is 5.82 Å². The summed E-state index contributed by atoms with van der Waals surface area (Å²) in [5, 5.41) is 4.08. The van der Waals surface area contributed by atoms with Gasteiger partial charge in [-0.15, -0.1) is 0 Å². The number of methoxy groups -OCH3 is 1. The number of carbonyl (C=O) groups is 1. The molecule has 1 aromatic heterocycles. The molecule has 3 aromatic rings. The topological polar surface area (TPSA) is 71.7 Å². The van der Waals surface area contributed by atoms with Gasteiger partial charge < -0.3 is 14.2 Å². The van der Waals surface area contributed by atoms with Gasteiger partial charge in [-0.3, -0.25) is 9.69 Å². The van der Waals surface area contributed by atoms with E-state index in [-0.39, 0.29) is 5.91 Å².